The second-order valence-electron chi connectivity index (χ2n) is 4.80. The van der Waals surface area contributed by atoms with Crippen molar-refractivity contribution in [2.45, 2.75) is 26.2 Å². The number of alkyl halides is 3. The van der Waals surface area contributed by atoms with Crippen molar-refractivity contribution in [1.82, 2.24) is 5.32 Å². The summed E-state index contributed by atoms with van der Waals surface area (Å²) in [6.07, 6.45) is -4.28. The minimum atomic E-state index is -4.28. The molecule has 0 aliphatic rings. The summed E-state index contributed by atoms with van der Waals surface area (Å²) in [4.78, 5) is 10.3. The van der Waals surface area contributed by atoms with Crippen LogP contribution in [0.2, 0.25) is 0 Å². The fourth-order valence-corrected chi connectivity index (χ4v) is 2.66. The number of nitrogens with one attached hydrogen (secondary N) is 2. The van der Waals surface area contributed by atoms with Gasteiger partial charge in [0.15, 0.2) is 0 Å². The van der Waals surface area contributed by atoms with Crippen LogP contribution in [0.25, 0.3) is 0 Å². The van der Waals surface area contributed by atoms with Gasteiger partial charge in [0.25, 0.3) is 0 Å². The lowest BCUT2D eigenvalue weighted by molar-refractivity contribution is -0.134. The summed E-state index contributed by atoms with van der Waals surface area (Å²) in [7, 11) is 0. The van der Waals surface area contributed by atoms with Gasteiger partial charge >= 0.3 is 6.18 Å². The van der Waals surface area contributed by atoms with Crippen LogP contribution in [0.15, 0.2) is 35.7 Å². The Hall–Kier alpha value is -1.86. The molecule has 0 aliphatic carbocycles. The van der Waals surface area contributed by atoms with Crippen molar-refractivity contribution in [2.24, 2.45) is 0 Å². The Morgan fingerprint density at radius 1 is 1.14 bits per heavy atom. The molecule has 1 heterocycles. The molecule has 1 aromatic carbocycles. The normalized spacial score (nSPS) is 11.5. The highest BCUT2D eigenvalue weighted by atomic mass is 32.1. The van der Waals surface area contributed by atoms with Crippen LogP contribution in [-0.4, -0.2) is 5.91 Å². The molecule has 0 aliphatic heterocycles. The average Bonchev–Trinajstić information content (AvgIpc) is 2.89. The number of carbonyl (C=O) groups excluding carboxylic acids is 1. The van der Waals surface area contributed by atoms with Crippen LogP contribution in [0, 0.1) is 0 Å². The number of benzene rings is 1. The molecule has 0 saturated carbocycles. The van der Waals surface area contributed by atoms with Gasteiger partial charge in [0.2, 0.25) is 5.91 Å². The van der Waals surface area contributed by atoms with Gasteiger partial charge in [-0.05, 0) is 34.7 Å². The molecule has 118 valence electrons. The van der Waals surface area contributed by atoms with E-state index in [1.807, 2.05) is 12.1 Å². The van der Waals surface area contributed by atoms with Gasteiger partial charge in [-0.25, -0.2) is 0 Å². The quantitative estimate of drug-likeness (QED) is 0.870. The molecule has 0 atom stereocenters. The monoisotopic (exact) mass is 328 g/mol. The zero-order chi connectivity index (χ0) is 16.2. The molecule has 7 heteroatoms. The fourth-order valence-electron chi connectivity index (χ4n) is 1.88. The molecule has 0 radical (unpaired) electrons. The van der Waals surface area contributed by atoms with Crippen molar-refractivity contribution in [3.63, 3.8) is 0 Å². The lowest BCUT2D eigenvalue weighted by Gasteiger charge is -2.06. The molecule has 0 saturated heterocycles. The first-order valence-electron chi connectivity index (χ1n) is 6.56. The van der Waals surface area contributed by atoms with Crippen LogP contribution < -0.4 is 10.6 Å². The topological polar surface area (TPSA) is 41.1 Å². The summed E-state index contributed by atoms with van der Waals surface area (Å²) in [5.74, 6) is -0.135. The van der Waals surface area contributed by atoms with Gasteiger partial charge in [-0.3, -0.25) is 4.79 Å². The number of thiophene rings is 1. The second kappa shape index (κ2) is 6.93. The molecule has 1 aromatic heterocycles. The van der Waals surface area contributed by atoms with Crippen LogP contribution in [0.4, 0.5) is 18.9 Å². The van der Waals surface area contributed by atoms with Crippen LogP contribution in [-0.2, 0) is 24.1 Å². The molecule has 0 unspecified atom stereocenters. The Kier molecular flexibility index (Phi) is 5.20. The summed E-state index contributed by atoms with van der Waals surface area (Å²) >= 11 is 0.705. The minimum Gasteiger partial charge on any atom is -0.326 e. The van der Waals surface area contributed by atoms with E-state index in [4.69, 9.17) is 0 Å². The molecular weight excluding hydrogens is 313 g/mol. The molecule has 3 nitrogen and oxygen atoms in total. The van der Waals surface area contributed by atoms with Gasteiger partial charge in [0.1, 0.15) is 4.88 Å². The Morgan fingerprint density at radius 3 is 2.32 bits per heavy atom. The lowest BCUT2D eigenvalue weighted by Crippen LogP contribution is -2.12. The number of hydrogen-bond donors (Lipinski definition) is 2. The summed E-state index contributed by atoms with van der Waals surface area (Å²) in [5, 5.41) is 7.27. The zero-order valence-electron chi connectivity index (χ0n) is 11.8. The predicted octanol–water partition coefficient (Wildman–Crippen LogP) is 4.02. The van der Waals surface area contributed by atoms with Gasteiger partial charge < -0.3 is 10.6 Å². The molecule has 0 fully saturated rings. The van der Waals surface area contributed by atoms with E-state index in [1.54, 1.807) is 12.1 Å². The average molecular weight is 328 g/mol. The van der Waals surface area contributed by atoms with Crippen LogP contribution in [0.1, 0.15) is 22.9 Å². The standard InChI is InChI=1S/C15H15F3N2OS/c1-10(21)20-13-4-2-11(3-5-13)7-19-8-12-6-14(22-9-12)15(16,17)18/h2-6,9,19H,7-8H2,1H3,(H,20,21). The minimum absolute atomic E-state index is 0.135. The third-order valence-corrected chi connectivity index (χ3v) is 3.89. The van der Waals surface area contributed by atoms with Crippen LogP contribution in [0.3, 0.4) is 0 Å². The van der Waals surface area contributed by atoms with E-state index in [1.165, 1.54) is 12.3 Å². The Balaban J connectivity index is 1.83. The first-order chi connectivity index (χ1) is 10.3. The number of halogens is 3. The summed E-state index contributed by atoms with van der Waals surface area (Å²) in [5.41, 5.74) is 2.32. The highest BCUT2D eigenvalue weighted by molar-refractivity contribution is 7.10. The van der Waals surface area contributed by atoms with E-state index in [9.17, 15) is 18.0 Å². The van der Waals surface area contributed by atoms with E-state index in [0.717, 1.165) is 11.6 Å². The number of anilines is 1. The Morgan fingerprint density at radius 2 is 1.77 bits per heavy atom. The highest BCUT2D eigenvalue weighted by Crippen LogP contribution is 2.34. The lowest BCUT2D eigenvalue weighted by atomic mass is 10.2. The number of rotatable bonds is 5. The maximum atomic E-state index is 12.5. The Bertz CT molecular complexity index is 635. The maximum absolute atomic E-state index is 12.5. The molecule has 1 amide bonds. The summed E-state index contributed by atoms with van der Waals surface area (Å²) < 4.78 is 37.4. The molecule has 22 heavy (non-hydrogen) atoms. The van der Waals surface area contributed by atoms with Crippen molar-refractivity contribution >= 4 is 22.9 Å². The number of carbonyl (C=O) groups is 1. The smallest absolute Gasteiger partial charge is 0.326 e. The number of amides is 1. The molecular formula is C15H15F3N2OS. The van der Waals surface area contributed by atoms with Gasteiger partial charge in [-0.1, -0.05) is 12.1 Å². The SMILES string of the molecule is CC(=O)Nc1ccc(CNCc2csc(C(F)(F)F)c2)cc1. The van der Waals surface area contributed by atoms with Crippen molar-refractivity contribution in [3.05, 3.63) is 51.7 Å². The van der Waals surface area contributed by atoms with E-state index in [0.29, 0.717) is 35.7 Å². The summed E-state index contributed by atoms with van der Waals surface area (Å²) in [6.45, 7) is 2.35. The molecule has 2 aromatic rings. The molecule has 0 spiro atoms. The fraction of sp³-hybridized carbons (Fsp3) is 0.267. The predicted molar refractivity (Wildman–Crippen MR) is 80.6 cm³/mol. The largest absolute Gasteiger partial charge is 0.425 e. The van der Waals surface area contributed by atoms with Crippen LogP contribution >= 0.6 is 11.3 Å². The first-order valence-corrected chi connectivity index (χ1v) is 7.44. The number of hydrogen-bond acceptors (Lipinski definition) is 3. The summed E-state index contributed by atoms with van der Waals surface area (Å²) in [6, 6.07) is 8.44. The Labute approximate surface area is 130 Å². The van der Waals surface area contributed by atoms with Gasteiger partial charge in [-0.2, -0.15) is 13.2 Å². The van der Waals surface area contributed by atoms with E-state index >= 15 is 0 Å². The van der Waals surface area contributed by atoms with Gasteiger partial charge in [0.05, 0.1) is 0 Å². The maximum Gasteiger partial charge on any atom is 0.425 e. The van der Waals surface area contributed by atoms with E-state index in [-0.39, 0.29) is 5.91 Å². The molecule has 2 N–H and O–H groups in total. The van der Waals surface area contributed by atoms with Gasteiger partial charge in [0, 0.05) is 25.7 Å². The first kappa shape index (κ1) is 16.5. The third-order valence-electron chi connectivity index (χ3n) is 2.87. The van der Waals surface area contributed by atoms with Crippen molar-refractivity contribution in [2.75, 3.05) is 5.32 Å². The molecule has 2 rings (SSSR count). The van der Waals surface area contributed by atoms with E-state index < -0.39 is 11.1 Å². The van der Waals surface area contributed by atoms with Crippen molar-refractivity contribution < 1.29 is 18.0 Å². The zero-order valence-corrected chi connectivity index (χ0v) is 12.6. The molecule has 0 bridgehead atoms. The van der Waals surface area contributed by atoms with Crippen LogP contribution in [0.5, 0.6) is 0 Å². The highest BCUT2D eigenvalue weighted by Gasteiger charge is 2.32. The van der Waals surface area contributed by atoms with Crippen molar-refractivity contribution in [3.8, 4) is 0 Å². The van der Waals surface area contributed by atoms with Crippen molar-refractivity contribution in [1.29, 1.82) is 0 Å². The second-order valence-corrected chi connectivity index (χ2v) is 5.71. The van der Waals surface area contributed by atoms with E-state index in [2.05, 4.69) is 10.6 Å². The third kappa shape index (κ3) is 4.85. The van der Waals surface area contributed by atoms with Gasteiger partial charge in [-0.15, -0.1) is 11.3 Å².